The highest BCUT2D eigenvalue weighted by atomic mass is 35.5. The number of benzene rings is 1. The smallest absolute Gasteiger partial charge is 0.164 e. The van der Waals surface area contributed by atoms with Gasteiger partial charge in [-0.1, -0.05) is 11.6 Å². The third-order valence-electron chi connectivity index (χ3n) is 3.42. The van der Waals surface area contributed by atoms with E-state index in [2.05, 4.69) is 9.97 Å². The highest BCUT2D eigenvalue weighted by molar-refractivity contribution is 6.30. The average molecular weight is 307 g/mol. The van der Waals surface area contributed by atoms with E-state index in [9.17, 15) is 0 Å². The number of fused-ring (bicyclic) bond motifs is 1. The molecule has 1 aliphatic heterocycles. The van der Waals surface area contributed by atoms with E-state index in [0.717, 1.165) is 23.2 Å². The van der Waals surface area contributed by atoms with Crippen molar-refractivity contribution in [3.8, 4) is 22.9 Å². The highest BCUT2D eigenvalue weighted by Crippen LogP contribution is 2.33. The molecule has 1 aliphatic rings. The number of hydrogen-bond donors (Lipinski definition) is 0. The third-order valence-corrected chi connectivity index (χ3v) is 3.73. The molecule has 0 N–H and O–H groups in total. The van der Waals surface area contributed by atoms with E-state index >= 15 is 0 Å². The second kappa shape index (κ2) is 5.87. The largest absolute Gasteiger partial charge is 0.497 e. The van der Waals surface area contributed by atoms with Crippen LogP contribution in [0.4, 0.5) is 0 Å². The summed E-state index contributed by atoms with van der Waals surface area (Å²) in [5.74, 6) is 1.92. The summed E-state index contributed by atoms with van der Waals surface area (Å²) >= 11 is 6.25. The first kappa shape index (κ1) is 14.1. The Morgan fingerprint density at radius 3 is 2.81 bits per heavy atom. The number of rotatable bonds is 3. The van der Waals surface area contributed by atoms with Crippen LogP contribution in [-0.4, -0.2) is 30.8 Å². The van der Waals surface area contributed by atoms with Crippen molar-refractivity contribution in [1.29, 1.82) is 0 Å². The van der Waals surface area contributed by atoms with Gasteiger partial charge in [0.2, 0.25) is 0 Å². The second-order valence-corrected chi connectivity index (χ2v) is 4.99. The Hall–Kier alpha value is -1.85. The maximum Gasteiger partial charge on any atom is 0.164 e. The van der Waals surface area contributed by atoms with E-state index in [-0.39, 0.29) is 0 Å². The van der Waals surface area contributed by atoms with E-state index in [0.29, 0.717) is 35.7 Å². The summed E-state index contributed by atoms with van der Waals surface area (Å²) in [6.07, 6.45) is 0.739. The van der Waals surface area contributed by atoms with Crippen molar-refractivity contribution >= 4 is 11.6 Å². The summed E-state index contributed by atoms with van der Waals surface area (Å²) in [5.41, 5.74) is 2.60. The van der Waals surface area contributed by atoms with Crippen LogP contribution in [0.25, 0.3) is 11.4 Å². The Bertz CT molecular complexity index is 676. The molecule has 1 aromatic carbocycles. The minimum absolute atomic E-state index is 0.438. The maximum atomic E-state index is 6.25. The molecule has 0 saturated carbocycles. The molecule has 3 rings (SSSR count). The fraction of sp³-hybridized carbons (Fsp3) is 0.333. The minimum Gasteiger partial charge on any atom is -0.497 e. The van der Waals surface area contributed by atoms with Crippen LogP contribution >= 0.6 is 11.6 Å². The zero-order chi connectivity index (χ0) is 14.8. The van der Waals surface area contributed by atoms with Crippen LogP contribution < -0.4 is 9.47 Å². The highest BCUT2D eigenvalue weighted by Gasteiger charge is 2.19. The molecule has 1 aromatic heterocycles. The Labute approximate surface area is 127 Å². The molecule has 0 amide bonds. The van der Waals surface area contributed by atoms with Crippen LogP contribution in [0.2, 0.25) is 5.15 Å². The molecule has 0 saturated heterocycles. The molecule has 2 heterocycles. The van der Waals surface area contributed by atoms with Crippen molar-refractivity contribution in [2.45, 2.75) is 13.0 Å². The first-order valence-corrected chi connectivity index (χ1v) is 6.96. The molecule has 0 bridgehead atoms. The van der Waals surface area contributed by atoms with Crippen molar-refractivity contribution in [2.24, 2.45) is 0 Å². The van der Waals surface area contributed by atoms with Gasteiger partial charge in [-0.2, -0.15) is 0 Å². The summed E-state index contributed by atoms with van der Waals surface area (Å²) in [5, 5.41) is 0.438. The van der Waals surface area contributed by atoms with E-state index in [1.807, 2.05) is 12.1 Å². The molecule has 0 unspecified atom stereocenters. The summed E-state index contributed by atoms with van der Waals surface area (Å²) in [6, 6.07) is 5.52. The normalized spacial score (nSPS) is 13.7. The van der Waals surface area contributed by atoms with E-state index in [1.54, 1.807) is 20.3 Å². The SMILES string of the molecule is COc1ccc(-c2nc(Cl)c3c(n2)CCOC3)c(OC)c1. The quantitative estimate of drug-likeness (QED) is 0.816. The lowest BCUT2D eigenvalue weighted by Gasteiger charge is -2.18. The molecule has 5 nitrogen and oxygen atoms in total. The fourth-order valence-electron chi connectivity index (χ4n) is 2.30. The second-order valence-electron chi connectivity index (χ2n) is 4.63. The maximum absolute atomic E-state index is 6.25. The topological polar surface area (TPSA) is 53.5 Å². The lowest BCUT2D eigenvalue weighted by atomic mass is 10.1. The van der Waals surface area contributed by atoms with Gasteiger partial charge in [0.05, 0.1) is 38.7 Å². The molecule has 0 aliphatic carbocycles. The summed E-state index contributed by atoms with van der Waals surface area (Å²) in [6.45, 7) is 1.12. The van der Waals surface area contributed by atoms with Gasteiger partial charge in [0.25, 0.3) is 0 Å². The number of hydrogen-bond acceptors (Lipinski definition) is 5. The van der Waals surface area contributed by atoms with Gasteiger partial charge < -0.3 is 14.2 Å². The molecule has 21 heavy (non-hydrogen) atoms. The van der Waals surface area contributed by atoms with Crippen molar-refractivity contribution < 1.29 is 14.2 Å². The fourth-order valence-corrected chi connectivity index (χ4v) is 2.54. The van der Waals surface area contributed by atoms with Gasteiger partial charge in [-0.15, -0.1) is 0 Å². The van der Waals surface area contributed by atoms with Crippen molar-refractivity contribution in [3.63, 3.8) is 0 Å². The van der Waals surface area contributed by atoms with Crippen LogP contribution in [0.3, 0.4) is 0 Å². The molecule has 2 aromatic rings. The Kier molecular flexibility index (Phi) is 3.94. The molecular weight excluding hydrogens is 292 g/mol. The predicted molar refractivity (Wildman–Crippen MR) is 78.9 cm³/mol. The van der Waals surface area contributed by atoms with Gasteiger partial charge in [-0.05, 0) is 12.1 Å². The number of nitrogens with zero attached hydrogens (tertiary/aromatic N) is 2. The lowest BCUT2D eigenvalue weighted by Crippen LogP contribution is -2.14. The van der Waals surface area contributed by atoms with Crippen LogP contribution in [0.15, 0.2) is 18.2 Å². The average Bonchev–Trinajstić information content (AvgIpc) is 2.54. The molecule has 6 heteroatoms. The van der Waals surface area contributed by atoms with E-state index < -0.39 is 0 Å². The van der Waals surface area contributed by atoms with Gasteiger partial charge in [0.1, 0.15) is 16.7 Å². The number of ether oxygens (including phenoxy) is 3. The Balaban J connectivity index is 2.10. The molecule has 0 radical (unpaired) electrons. The van der Waals surface area contributed by atoms with Gasteiger partial charge in [0.15, 0.2) is 5.82 Å². The summed E-state index contributed by atoms with van der Waals surface area (Å²) in [7, 11) is 3.22. The van der Waals surface area contributed by atoms with Crippen LogP contribution in [0, 0.1) is 0 Å². The van der Waals surface area contributed by atoms with E-state index in [4.69, 9.17) is 25.8 Å². The van der Waals surface area contributed by atoms with Gasteiger partial charge >= 0.3 is 0 Å². The van der Waals surface area contributed by atoms with Gasteiger partial charge in [0, 0.05) is 18.1 Å². The molecule has 0 spiro atoms. The lowest BCUT2D eigenvalue weighted by molar-refractivity contribution is 0.109. The standard InChI is InChI=1S/C15H15ClN2O3/c1-19-9-3-4-10(13(7-9)20-2)15-17-12-5-6-21-8-11(12)14(16)18-15/h3-4,7H,5-6,8H2,1-2H3. The first-order chi connectivity index (χ1) is 10.2. The molecule has 0 atom stereocenters. The molecular formula is C15H15ClN2O3. The van der Waals surface area contributed by atoms with Crippen molar-refractivity contribution in [3.05, 3.63) is 34.6 Å². The minimum atomic E-state index is 0.438. The number of halogens is 1. The Morgan fingerprint density at radius 1 is 1.19 bits per heavy atom. The first-order valence-electron chi connectivity index (χ1n) is 6.58. The predicted octanol–water partition coefficient (Wildman–Crippen LogP) is 2.89. The third kappa shape index (κ3) is 2.66. The van der Waals surface area contributed by atoms with Crippen molar-refractivity contribution in [1.82, 2.24) is 9.97 Å². The van der Waals surface area contributed by atoms with Crippen LogP contribution in [-0.2, 0) is 17.8 Å². The Morgan fingerprint density at radius 2 is 2.05 bits per heavy atom. The van der Waals surface area contributed by atoms with Gasteiger partial charge in [-0.3, -0.25) is 0 Å². The zero-order valence-corrected chi connectivity index (χ0v) is 12.6. The van der Waals surface area contributed by atoms with Crippen LogP contribution in [0.1, 0.15) is 11.3 Å². The number of aromatic nitrogens is 2. The number of methoxy groups -OCH3 is 2. The summed E-state index contributed by atoms with van der Waals surface area (Å²) < 4.78 is 16.0. The molecule has 110 valence electrons. The monoisotopic (exact) mass is 306 g/mol. The van der Waals surface area contributed by atoms with Gasteiger partial charge in [-0.25, -0.2) is 9.97 Å². The zero-order valence-electron chi connectivity index (χ0n) is 11.9. The van der Waals surface area contributed by atoms with Crippen LogP contribution in [0.5, 0.6) is 11.5 Å². The van der Waals surface area contributed by atoms with E-state index in [1.165, 1.54) is 0 Å². The summed E-state index contributed by atoms with van der Waals surface area (Å²) in [4.78, 5) is 8.99. The van der Waals surface area contributed by atoms with Crippen molar-refractivity contribution in [2.75, 3.05) is 20.8 Å². The molecule has 0 fully saturated rings.